The van der Waals surface area contributed by atoms with Crippen molar-refractivity contribution in [3.63, 3.8) is 0 Å². The number of halogens is 1. The third kappa shape index (κ3) is 2.43. The Morgan fingerprint density at radius 3 is 2.93 bits per heavy atom. The van der Waals surface area contributed by atoms with E-state index >= 15 is 0 Å². The first-order valence-electron chi connectivity index (χ1n) is 5.72. The molecule has 2 heteroatoms. The lowest BCUT2D eigenvalue weighted by molar-refractivity contribution is 0.422. The van der Waals surface area contributed by atoms with Crippen LogP contribution >= 0.6 is 15.9 Å². The number of hydrogen-bond acceptors (Lipinski definition) is 1. The number of hydrogen-bond donors (Lipinski definition) is 1. The minimum atomic E-state index is 0.532. The number of nitrogens with one attached hydrogen (secondary N) is 1. The van der Waals surface area contributed by atoms with Gasteiger partial charge in [-0.15, -0.1) is 0 Å². The zero-order chi connectivity index (χ0) is 10.8. The largest absolute Gasteiger partial charge is 0.308 e. The van der Waals surface area contributed by atoms with Gasteiger partial charge in [-0.2, -0.15) is 0 Å². The molecule has 0 aromatic heterocycles. The first kappa shape index (κ1) is 11.2. The van der Waals surface area contributed by atoms with Gasteiger partial charge in [-0.3, -0.25) is 0 Å². The van der Waals surface area contributed by atoms with Crippen molar-refractivity contribution >= 4 is 15.9 Å². The van der Waals surface area contributed by atoms with E-state index in [0.717, 1.165) is 0 Å². The molecule has 1 unspecified atom stereocenters. The first-order chi connectivity index (χ1) is 7.18. The third-order valence-electron chi connectivity index (χ3n) is 2.97. The van der Waals surface area contributed by atoms with E-state index in [1.165, 1.54) is 34.9 Å². The number of rotatable bonds is 2. The minimum Gasteiger partial charge on any atom is -0.308 e. The molecule has 0 spiro atoms. The summed E-state index contributed by atoms with van der Waals surface area (Å²) in [6.07, 6.45) is 3.78. The molecule has 2 rings (SSSR count). The fourth-order valence-electron chi connectivity index (χ4n) is 2.40. The quantitative estimate of drug-likeness (QED) is 0.859. The van der Waals surface area contributed by atoms with E-state index in [0.29, 0.717) is 12.1 Å². The summed E-state index contributed by atoms with van der Waals surface area (Å²) in [5, 5.41) is 3.65. The molecule has 0 saturated heterocycles. The van der Waals surface area contributed by atoms with Crippen molar-refractivity contribution in [3.05, 3.63) is 33.8 Å². The van der Waals surface area contributed by atoms with E-state index in [-0.39, 0.29) is 0 Å². The fourth-order valence-corrected chi connectivity index (χ4v) is 3.08. The molecule has 0 radical (unpaired) electrons. The number of fused-ring (bicyclic) bond motifs is 1. The topological polar surface area (TPSA) is 12.0 Å². The molecule has 82 valence electrons. The zero-order valence-electron chi connectivity index (χ0n) is 9.39. The summed E-state index contributed by atoms with van der Waals surface area (Å²) in [6.45, 7) is 4.43. The van der Waals surface area contributed by atoms with Crippen molar-refractivity contribution in [2.24, 2.45) is 0 Å². The maximum Gasteiger partial charge on any atom is 0.0336 e. The summed E-state index contributed by atoms with van der Waals surface area (Å²) in [5.41, 5.74) is 2.99. The van der Waals surface area contributed by atoms with Gasteiger partial charge in [-0.05, 0) is 36.5 Å². The highest BCUT2D eigenvalue weighted by molar-refractivity contribution is 9.10. The predicted octanol–water partition coefficient (Wildman–Crippen LogP) is 3.82. The van der Waals surface area contributed by atoms with Gasteiger partial charge in [0.2, 0.25) is 0 Å². The monoisotopic (exact) mass is 267 g/mol. The van der Waals surface area contributed by atoms with Gasteiger partial charge in [0.05, 0.1) is 0 Å². The van der Waals surface area contributed by atoms with E-state index in [1.54, 1.807) is 0 Å². The third-order valence-corrected chi connectivity index (χ3v) is 3.66. The molecular weight excluding hydrogens is 250 g/mol. The normalized spacial score (nSPS) is 20.4. The summed E-state index contributed by atoms with van der Waals surface area (Å²) in [7, 11) is 0. The van der Waals surface area contributed by atoms with Crippen LogP contribution < -0.4 is 5.32 Å². The fraction of sp³-hybridized carbons (Fsp3) is 0.538. The second-order valence-electron chi connectivity index (χ2n) is 4.58. The van der Waals surface area contributed by atoms with Gasteiger partial charge in [0.25, 0.3) is 0 Å². The van der Waals surface area contributed by atoms with Crippen molar-refractivity contribution in [1.82, 2.24) is 5.32 Å². The highest BCUT2D eigenvalue weighted by Crippen LogP contribution is 2.35. The average molecular weight is 268 g/mol. The lowest BCUT2D eigenvalue weighted by Gasteiger charge is -2.29. The van der Waals surface area contributed by atoms with E-state index in [9.17, 15) is 0 Å². The van der Waals surface area contributed by atoms with Crippen molar-refractivity contribution in [2.75, 3.05) is 0 Å². The van der Waals surface area contributed by atoms with Crippen molar-refractivity contribution in [2.45, 2.75) is 45.2 Å². The molecule has 1 aliphatic rings. The molecule has 1 aliphatic carbocycles. The molecule has 0 fully saturated rings. The van der Waals surface area contributed by atoms with Gasteiger partial charge in [0, 0.05) is 16.6 Å². The van der Waals surface area contributed by atoms with Gasteiger partial charge in [0.15, 0.2) is 0 Å². The van der Waals surface area contributed by atoms with Crippen LogP contribution in [-0.4, -0.2) is 6.04 Å². The first-order valence-corrected chi connectivity index (χ1v) is 6.51. The molecule has 0 heterocycles. The summed E-state index contributed by atoms with van der Waals surface area (Å²) < 4.78 is 1.26. The van der Waals surface area contributed by atoms with Crippen LogP contribution in [0.4, 0.5) is 0 Å². The summed E-state index contributed by atoms with van der Waals surface area (Å²) in [4.78, 5) is 0. The Bertz CT molecular complexity index is 346. The smallest absolute Gasteiger partial charge is 0.0336 e. The maximum absolute atomic E-state index is 3.67. The van der Waals surface area contributed by atoms with Crippen LogP contribution in [0.25, 0.3) is 0 Å². The van der Waals surface area contributed by atoms with E-state index in [2.05, 4.69) is 53.3 Å². The standard InChI is InChI=1S/C13H18BrN/c1-9(2)15-12-8-4-6-10-5-3-7-11(14)13(10)12/h3,5,7,9,12,15H,4,6,8H2,1-2H3. The molecule has 1 atom stereocenters. The highest BCUT2D eigenvalue weighted by Gasteiger charge is 2.22. The zero-order valence-corrected chi connectivity index (χ0v) is 11.0. The average Bonchev–Trinajstić information content (AvgIpc) is 2.17. The van der Waals surface area contributed by atoms with Gasteiger partial charge in [-0.1, -0.05) is 41.9 Å². The van der Waals surface area contributed by atoms with Crippen molar-refractivity contribution in [1.29, 1.82) is 0 Å². The van der Waals surface area contributed by atoms with Crippen LogP contribution in [0, 0.1) is 0 Å². The summed E-state index contributed by atoms with van der Waals surface area (Å²) in [6, 6.07) is 7.63. The Labute approximate surface area is 100 Å². The second-order valence-corrected chi connectivity index (χ2v) is 5.43. The molecule has 0 bridgehead atoms. The number of benzene rings is 1. The molecule has 0 aliphatic heterocycles. The molecule has 0 saturated carbocycles. The van der Waals surface area contributed by atoms with Crippen LogP contribution in [0.1, 0.15) is 43.9 Å². The molecule has 1 nitrogen and oxygen atoms in total. The molecule has 0 amide bonds. The van der Waals surface area contributed by atoms with Crippen LogP contribution in [0.5, 0.6) is 0 Å². The molecule has 1 aromatic carbocycles. The van der Waals surface area contributed by atoms with Crippen LogP contribution in [0.15, 0.2) is 22.7 Å². The lowest BCUT2D eigenvalue weighted by Crippen LogP contribution is -2.31. The number of aryl methyl sites for hydroxylation is 1. The second kappa shape index (κ2) is 4.67. The summed E-state index contributed by atoms with van der Waals surface area (Å²) >= 11 is 3.67. The van der Waals surface area contributed by atoms with E-state index < -0.39 is 0 Å². The van der Waals surface area contributed by atoms with Crippen molar-refractivity contribution in [3.8, 4) is 0 Å². The van der Waals surface area contributed by atoms with Crippen molar-refractivity contribution < 1.29 is 0 Å². The van der Waals surface area contributed by atoms with Gasteiger partial charge in [0.1, 0.15) is 0 Å². The van der Waals surface area contributed by atoms with E-state index in [4.69, 9.17) is 0 Å². The Hall–Kier alpha value is -0.340. The Morgan fingerprint density at radius 1 is 1.40 bits per heavy atom. The Morgan fingerprint density at radius 2 is 2.20 bits per heavy atom. The van der Waals surface area contributed by atoms with Crippen LogP contribution in [0.2, 0.25) is 0 Å². The highest BCUT2D eigenvalue weighted by atomic mass is 79.9. The van der Waals surface area contributed by atoms with Gasteiger partial charge >= 0.3 is 0 Å². The Balaban J connectivity index is 2.32. The maximum atomic E-state index is 3.67. The van der Waals surface area contributed by atoms with Crippen LogP contribution in [-0.2, 0) is 6.42 Å². The molecule has 15 heavy (non-hydrogen) atoms. The molecule has 1 aromatic rings. The summed E-state index contributed by atoms with van der Waals surface area (Å²) in [5.74, 6) is 0. The lowest BCUT2D eigenvalue weighted by atomic mass is 9.87. The van der Waals surface area contributed by atoms with Crippen LogP contribution in [0.3, 0.4) is 0 Å². The molecule has 1 N–H and O–H groups in total. The predicted molar refractivity (Wildman–Crippen MR) is 68.1 cm³/mol. The minimum absolute atomic E-state index is 0.532. The van der Waals surface area contributed by atoms with Gasteiger partial charge in [-0.25, -0.2) is 0 Å². The van der Waals surface area contributed by atoms with E-state index in [1.807, 2.05) is 0 Å². The van der Waals surface area contributed by atoms with Gasteiger partial charge < -0.3 is 5.32 Å². The molecular formula is C13H18BrN. The SMILES string of the molecule is CC(C)NC1CCCc2cccc(Br)c21. The Kier molecular flexibility index (Phi) is 3.47.